The van der Waals surface area contributed by atoms with Crippen LogP contribution in [0.4, 0.5) is 5.69 Å². The SMILES string of the molecule is ClCC1CN=C(c2ccccc2Cl)c2ccccc2N1. The highest BCUT2D eigenvalue weighted by Gasteiger charge is 2.19. The Hall–Kier alpha value is -1.51. The lowest BCUT2D eigenvalue weighted by molar-refractivity contribution is 0.818. The second-order valence-electron chi connectivity index (χ2n) is 4.71. The lowest BCUT2D eigenvalue weighted by Crippen LogP contribution is -2.23. The molecule has 2 nitrogen and oxygen atoms in total. The Kier molecular flexibility index (Phi) is 3.95. The monoisotopic (exact) mass is 304 g/mol. The number of hydrogen-bond donors (Lipinski definition) is 1. The number of benzene rings is 2. The number of anilines is 1. The van der Waals surface area contributed by atoms with Crippen molar-refractivity contribution in [3.63, 3.8) is 0 Å². The average Bonchev–Trinajstić information content (AvgIpc) is 2.67. The topological polar surface area (TPSA) is 24.4 Å². The summed E-state index contributed by atoms with van der Waals surface area (Å²) in [5.74, 6) is 0.521. The molecule has 1 heterocycles. The molecule has 2 aromatic rings. The average molecular weight is 305 g/mol. The van der Waals surface area contributed by atoms with Crippen LogP contribution in [-0.4, -0.2) is 24.2 Å². The first-order valence-electron chi connectivity index (χ1n) is 6.51. The molecule has 0 bridgehead atoms. The zero-order valence-corrected chi connectivity index (χ0v) is 12.3. The number of nitrogens with one attached hydrogen (secondary N) is 1. The van der Waals surface area contributed by atoms with Gasteiger partial charge in [-0.3, -0.25) is 4.99 Å². The molecule has 1 N–H and O–H groups in total. The van der Waals surface area contributed by atoms with E-state index in [2.05, 4.69) is 11.4 Å². The maximum Gasteiger partial charge on any atom is 0.0755 e. The van der Waals surface area contributed by atoms with Crippen LogP contribution < -0.4 is 5.32 Å². The first-order valence-corrected chi connectivity index (χ1v) is 7.42. The second kappa shape index (κ2) is 5.86. The van der Waals surface area contributed by atoms with Crippen LogP contribution in [0.15, 0.2) is 53.5 Å². The largest absolute Gasteiger partial charge is 0.379 e. The summed E-state index contributed by atoms with van der Waals surface area (Å²) in [5, 5.41) is 4.15. The maximum absolute atomic E-state index is 6.32. The molecular formula is C16H14Cl2N2. The minimum Gasteiger partial charge on any atom is -0.379 e. The number of alkyl halides is 1. The van der Waals surface area contributed by atoms with Gasteiger partial charge in [-0.2, -0.15) is 0 Å². The van der Waals surface area contributed by atoms with Crippen LogP contribution >= 0.6 is 23.2 Å². The van der Waals surface area contributed by atoms with E-state index >= 15 is 0 Å². The fraction of sp³-hybridized carbons (Fsp3) is 0.188. The van der Waals surface area contributed by atoms with Crippen molar-refractivity contribution in [2.24, 2.45) is 4.99 Å². The Morgan fingerprint density at radius 3 is 2.50 bits per heavy atom. The predicted molar refractivity (Wildman–Crippen MR) is 86.5 cm³/mol. The quantitative estimate of drug-likeness (QED) is 0.826. The predicted octanol–water partition coefficient (Wildman–Crippen LogP) is 4.21. The molecule has 2 aromatic carbocycles. The van der Waals surface area contributed by atoms with Gasteiger partial charge in [-0.1, -0.05) is 48.0 Å². The van der Waals surface area contributed by atoms with Crippen LogP contribution in [0, 0.1) is 0 Å². The van der Waals surface area contributed by atoms with Crippen LogP contribution in [0.1, 0.15) is 11.1 Å². The van der Waals surface area contributed by atoms with E-state index in [1.54, 1.807) is 0 Å². The van der Waals surface area contributed by atoms with Crippen molar-refractivity contribution >= 4 is 34.6 Å². The molecule has 0 saturated heterocycles. The van der Waals surface area contributed by atoms with Gasteiger partial charge in [0.2, 0.25) is 0 Å². The van der Waals surface area contributed by atoms with Crippen molar-refractivity contribution < 1.29 is 0 Å². The van der Waals surface area contributed by atoms with E-state index in [1.165, 1.54) is 0 Å². The summed E-state index contributed by atoms with van der Waals surface area (Å²) < 4.78 is 0. The summed E-state index contributed by atoms with van der Waals surface area (Å²) in [6.07, 6.45) is 0. The number of para-hydroxylation sites is 1. The second-order valence-corrected chi connectivity index (χ2v) is 5.43. The number of benzodiazepines with no additional fused rings is 1. The fourth-order valence-electron chi connectivity index (χ4n) is 2.34. The van der Waals surface area contributed by atoms with E-state index in [0.717, 1.165) is 22.5 Å². The summed E-state index contributed by atoms with van der Waals surface area (Å²) >= 11 is 12.3. The van der Waals surface area contributed by atoms with E-state index in [1.807, 2.05) is 42.5 Å². The molecule has 0 amide bonds. The van der Waals surface area contributed by atoms with Crippen LogP contribution in [0.25, 0.3) is 0 Å². The molecule has 0 radical (unpaired) electrons. The lowest BCUT2D eigenvalue weighted by atomic mass is 10.0. The molecule has 102 valence electrons. The van der Waals surface area contributed by atoms with Gasteiger partial charge < -0.3 is 5.32 Å². The molecule has 20 heavy (non-hydrogen) atoms. The Morgan fingerprint density at radius 1 is 1.05 bits per heavy atom. The van der Waals surface area contributed by atoms with E-state index in [9.17, 15) is 0 Å². The summed E-state index contributed by atoms with van der Waals surface area (Å²) in [6.45, 7) is 0.638. The fourth-order valence-corrected chi connectivity index (χ4v) is 2.74. The molecule has 0 aliphatic carbocycles. The van der Waals surface area contributed by atoms with Gasteiger partial charge >= 0.3 is 0 Å². The Labute approximate surface area is 128 Å². The van der Waals surface area contributed by atoms with Crippen LogP contribution in [0.2, 0.25) is 5.02 Å². The van der Waals surface area contributed by atoms with Crippen molar-refractivity contribution in [1.29, 1.82) is 0 Å². The Morgan fingerprint density at radius 2 is 1.75 bits per heavy atom. The maximum atomic E-state index is 6.32. The number of aliphatic imine (C=N–C) groups is 1. The third kappa shape index (κ3) is 2.54. The van der Waals surface area contributed by atoms with Gasteiger partial charge in [0.25, 0.3) is 0 Å². The molecule has 1 atom stereocenters. The minimum atomic E-state index is 0.137. The highest BCUT2D eigenvalue weighted by Crippen LogP contribution is 2.27. The van der Waals surface area contributed by atoms with Crippen molar-refractivity contribution in [1.82, 2.24) is 0 Å². The zero-order chi connectivity index (χ0) is 13.9. The lowest BCUT2D eigenvalue weighted by Gasteiger charge is -2.14. The van der Waals surface area contributed by atoms with Crippen molar-refractivity contribution in [2.75, 3.05) is 17.7 Å². The summed E-state index contributed by atoms with van der Waals surface area (Å²) in [5.41, 5.74) is 3.99. The van der Waals surface area contributed by atoms with E-state index < -0.39 is 0 Å². The van der Waals surface area contributed by atoms with E-state index in [0.29, 0.717) is 17.4 Å². The highest BCUT2D eigenvalue weighted by atomic mass is 35.5. The molecule has 3 rings (SSSR count). The number of hydrogen-bond acceptors (Lipinski definition) is 2. The molecule has 1 aliphatic rings. The third-order valence-electron chi connectivity index (χ3n) is 3.33. The van der Waals surface area contributed by atoms with E-state index in [-0.39, 0.29) is 6.04 Å². The smallest absolute Gasteiger partial charge is 0.0755 e. The molecule has 0 fully saturated rings. The number of halogens is 2. The Bertz CT molecular complexity index is 652. The molecular weight excluding hydrogens is 291 g/mol. The van der Waals surface area contributed by atoms with Crippen LogP contribution in [-0.2, 0) is 0 Å². The van der Waals surface area contributed by atoms with Crippen LogP contribution in [0.5, 0.6) is 0 Å². The zero-order valence-electron chi connectivity index (χ0n) is 10.8. The highest BCUT2D eigenvalue weighted by molar-refractivity contribution is 6.35. The number of fused-ring (bicyclic) bond motifs is 1. The third-order valence-corrected chi connectivity index (χ3v) is 4.03. The van der Waals surface area contributed by atoms with Crippen molar-refractivity contribution in [2.45, 2.75) is 6.04 Å². The molecule has 1 unspecified atom stereocenters. The summed E-state index contributed by atoms with van der Waals surface area (Å²) in [6, 6.07) is 16.0. The number of rotatable bonds is 2. The molecule has 0 aromatic heterocycles. The van der Waals surface area contributed by atoms with Gasteiger partial charge in [-0.15, -0.1) is 11.6 Å². The molecule has 0 spiro atoms. The summed E-state index contributed by atoms with van der Waals surface area (Å²) in [7, 11) is 0. The summed E-state index contributed by atoms with van der Waals surface area (Å²) in [4.78, 5) is 4.73. The van der Waals surface area contributed by atoms with Gasteiger partial charge in [-0.25, -0.2) is 0 Å². The Balaban J connectivity index is 2.15. The van der Waals surface area contributed by atoms with Crippen molar-refractivity contribution in [3.05, 3.63) is 64.7 Å². The molecule has 4 heteroatoms. The minimum absolute atomic E-state index is 0.137. The normalized spacial score (nSPS) is 17.7. The van der Waals surface area contributed by atoms with Gasteiger partial charge in [-0.05, 0) is 12.1 Å². The van der Waals surface area contributed by atoms with Crippen molar-refractivity contribution in [3.8, 4) is 0 Å². The van der Waals surface area contributed by atoms with Gasteiger partial charge in [0.15, 0.2) is 0 Å². The first-order chi connectivity index (χ1) is 9.79. The van der Waals surface area contributed by atoms with Crippen LogP contribution in [0.3, 0.4) is 0 Å². The van der Waals surface area contributed by atoms with Gasteiger partial charge in [0, 0.05) is 27.7 Å². The van der Waals surface area contributed by atoms with Gasteiger partial charge in [0.1, 0.15) is 0 Å². The van der Waals surface area contributed by atoms with E-state index in [4.69, 9.17) is 28.2 Å². The standard InChI is InChI=1S/C16H14Cl2N2/c17-9-11-10-19-16(12-5-1-3-7-14(12)18)13-6-2-4-8-15(13)20-11/h1-8,11,20H,9-10H2. The molecule has 0 saturated carbocycles. The molecule has 1 aliphatic heterocycles. The van der Waals surface area contributed by atoms with Gasteiger partial charge in [0.05, 0.1) is 18.3 Å². The first kappa shape index (κ1) is 13.5. The number of nitrogens with zero attached hydrogens (tertiary/aromatic N) is 1.